The number of esters is 1. The number of rotatable bonds is 6. The second-order valence-electron chi connectivity index (χ2n) is 6.18. The molecule has 28 heavy (non-hydrogen) atoms. The van der Waals surface area contributed by atoms with Gasteiger partial charge in [-0.2, -0.15) is 9.78 Å². The van der Waals surface area contributed by atoms with E-state index in [0.29, 0.717) is 26.2 Å². The standard InChI is InChI=1S/C19H20BrN3O3S2/c1-10(2)27-18-15(12-7-6-8-13(9-12)25-4)21-19(28-18)23-16(17(24)26-5)14(20)11(3)22-23/h6-10H,1-5H3. The Bertz CT molecular complexity index is 1010. The highest BCUT2D eigenvalue weighted by atomic mass is 79.9. The van der Waals surface area contributed by atoms with E-state index in [9.17, 15) is 4.79 Å². The SMILES string of the molecule is COC(=O)c1c(Br)c(C)nn1-c1nc(-c2cccc(OC)c2)c(SC(C)C)s1. The third kappa shape index (κ3) is 4.11. The van der Waals surface area contributed by atoms with E-state index in [0.717, 1.165) is 21.2 Å². The van der Waals surface area contributed by atoms with Gasteiger partial charge in [-0.1, -0.05) is 37.3 Å². The minimum Gasteiger partial charge on any atom is -0.497 e. The molecule has 0 fully saturated rings. The topological polar surface area (TPSA) is 66.2 Å². The lowest BCUT2D eigenvalue weighted by atomic mass is 10.2. The lowest BCUT2D eigenvalue weighted by molar-refractivity contribution is 0.0589. The van der Waals surface area contributed by atoms with Crippen molar-refractivity contribution in [2.45, 2.75) is 30.2 Å². The van der Waals surface area contributed by atoms with Gasteiger partial charge in [0.2, 0.25) is 5.13 Å². The molecule has 148 valence electrons. The van der Waals surface area contributed by atoms with Gasteiger partial charge in [0.15, 0.2) is 5.69 Å². The fourth-order valence-corrected chi connectivity index (χ4v) is 5.44. The first kappa shape index (κ1) is 20.9. The Labute approximate surface area is 180 Å². The van der Waals surface area contributed by atoms with Gasteiger partial charge < -0.3 is 9.47 Å². The number of thiazole rings is 1. The number of ether oxygens (including phenoxy) is 2. The molecule has 0 aliphatic carbocycles. The summed E-state index contributed by atoms with van der Waals surface area (Å²) in [6, 6.07) is 7.78. The zero-order valence-corrected chi connectivity index (χ0v) is 19.4. The Morgan fingerprint density at radius 1 is 1.32 bits per heavy atom. The Hall–Kier alpha value is -1.84. The molecule has 3 aromatic rings. The zero-order chi connectivity index (χ0) is 20.4. The zero-order valence-electron chi connectivity index (χ0n) is 16.1. The average molecular weight is 482 g/mol. The van der Waals surface area contributed by atoms with Gasteiger partial charge >= 0.3 is 5.97 Å². The molecule has 3 rings (SSSR count). The average Bonchev–Trinajstić information content (AvgIpc) is 3.22. The fraction of sp³-hybridized carbons (Fsp3) is 0.316. The molecule has 0 amide bonds. The van der Waals surface area contributed by atoms with Crippen molar-refractivity contribution in [2.24, 2.45) is 0 Å². The molecule has 6 nitrogen and oxygen atoms in total. The highest BCUT2D eigenvalue weighted by molar-refractivity contribution is 9.10. The summed E-state index contributed by atoms with van der Waals surface area (Å²) in [6.07, 6.45) is 0. The van der Waals surface area contributed by atoms with E-state index < -0.39 is 5.97 Å². The molecule has 0 radical (unpaired) electrons. The molecule has 0 spiro atoms. The van der Waals surface area contributed by atoms with E-state index in [2.05, 4.69) is 34.9 Å². The molecule has 0 atom stereocenters. The lowest BCUT2D eigenvalue weighted by Crippen LogP contribution is -2.10. The van der Waals surface area contributed by atoms with Gasteiger partial charge in [0.25, 0.3) is 0 Å². The minimum atomic E-state index is -0.469. The lowest BCUT2D eigenvalue weighted by Gasteiger charge is -2.06. The number of thioether (sulfide) groups is 1. The second kappa shape index (κ2) is 8.67. The summed E-state index contributed by atoms with van der Waals surface area (Å²) in [4.78, 5) is 17.1. The summed E-state index contributed by atoms with van der Waals surface area (Å²) in [5, 5.41) is 5.48. The molecular formula is C19H20BrN3O3S2. The number of benzene rings is 1. The van der Waals surface area contributed by atoms with Crippen LogP contribution in [0.5, 0.6) is 5.75 Å². The maximum absolute atomic E-state index is 12.3. The normalized spacial score (nSPS) is 11.1. The van der Waals surface area contributed by atoms with Crippen LogP contribution in [0.1, 0.15) is 30.0 Å². The molecule has 0 saturated heterocycles. The second-order valence-corrected chi connectivity index (χ2v) is 9.80. The predicted octanol–water partition coefficient (Wildman–Crippen LogP) is 5.36. The maximum Gasteiger partial charge on any atom is 0.358 e. The van der Waals surface area contributed by atoms with Crippen LogP contribution < -0.4 is 4.74 Å². The highest BCUT2D eigenvalue weighted by Crippen LogP contribution is 2.41. The number of nitrogens with zero attached hydrogens (tertiary/aromatic N) is 3. The van der Waals surface area contributed by atoms with Crippen LogP contribution in [0.25, 0.3) is 16.4 Å². The van der Waals surface area contributed by atoms with Gasteiger partial charge in [-0.3, -0.25) is 0 Å². The molecule has 0 aliphatic rings. The molecule has 1 aromatic carbocycles. The summed E-state index contributed by atoms with van der Waals surface area (Å²) in [5.41, 5.74) is 2.81. The van der Waals surface area contributed by atoms with Crippen LogP contribution in [-0.2, 0) is 4.74 Å². The van der Waals surface area contributed by atoms with Crippen LogP contribution in [0.3, 0.4) is 0 Å². The summed E-state index contributed by atoms with van der Waals surface area (Å²) in [7, 11) is 2.99. The summed E-state index contributed by atoms with van der Waals surface area (Å²) < 4.78 is 13.5. The number of methoxy groups -OCH3 is 2. The van der Waals surface area contributed by atoms with E-state index in [1.54, 1.807) is 23.6 Å². The van der Waals surface area contributed by atoms with Crippen molar-refractivity contribution in [3.63, 3.8) is 0 Å². The van der Waals surface area contributed by atoms with Crippen molar-refractivity contribution in [1.82, 2.24) is 14.8 Å². The molecule has 9 heteroatoms. The third-order valence-corrected chi connectivity index (χ3v) is 7.01. The first-order valence-corrected chi connectivity index (χ1v) is 11.0. The van der Waals surface area contributed by atoms with E-state index in [1.807, 2.05) is 31.2 Å². The molecule has 0 bridgehead atoms. The molecule has 2 aromatic heterocycles. The quantitative estimate of drug-likeness (QED) is 0.348. The van der Waals surface area contributed by atoms with Crippen molar-refractivity contribution in [3.05, 3.63) is 40.1 Å². The Balaban J connectivity index is 2.18. The Kier molecular flexibility index (Phi) is 6.47. The van der Waals surface area contributed by atoms with Crippen LogP contribution >= 0.6 is 39.0 Å². The molecule has 0 unspecified atom stereocenters. The summed E-state index contributed by atoms with van der Waals surface area (Å²) in [5.74, 6) is 0.296. The summed E-state index contributed by atoms with van der Waals surface area (Å²) in [6.45, 7) is 6.09. The molecule has 0 N–H and O–H groups in total. The van der Waals surface area contributed by atoms with Crippen molar-refractivity contribution < 1.29 is 14.3 Å². The van der Waals surface area contributed by atoms with Crippen LogP contribution in [0, 0.1) is 6.92 Å². The number of carbonyl (C=O) groups is 1. The van der Waals surface area contributed by atoms with Crippen molar-refractivity contribution >= 4 is 45.0 Å². The number of halogens is 1. The Morgan fingerprint density at radius 3 is 2.71 bits per heavy atom. The van der Waals surface area contributed by atoms with E-state index >= 15 is 0 Å². The molecule has 2 heterocycles. The van der Waals surface area contributed by atoms with E-state index in [1.165, 1.54) is 18.4 Å². The van der Waals surface area contributed by atoms with E-state index in [-0.39, 0.29) is 0 Å². The molecular weight excluding hydrogens is 462 g/mol. The monoisotopic (exact) mass is 481 g/mol. The van der Waals surface area contributed by atoms with Gasteiger partial charge in [-0.05, 0) is 35.0 Å². The number of hydrogen-bond donors (Lipinski definition) is 0. The van der Waals surface area contributed by atoms with Gasteiger partial charge in [0.05, 0.1) is 34.3 Å². The molecule has 0 saturated carbocycles. The van der Waals surface area contributed by atoms with E-state index in [4.69, 9.17) is 14.5 Å². The maximum atomic E-state index is 12.3. The number of aryl methyl sites for hydroxylation is 1. The van der Waals surface area contributed by atoms with Gasteiger partial charge in [0.1, 0.15) is 5.75 Å². The Morgan fingerprint density at radius 2 is 2.07 bits per heavy atom. The van der Waals surface area contributed by atoms with Crippen LogP contribution in [0.15, 0.2) is 32.9 Å². The number of carbonyl (C=O) groups excluding carboxylic acids is 1. The van der Waals surface area contributed by atoms with Gasteiger partial charge in [-0.25, -0.2) is 9.78 Å². The smallest absolute Gasteiger partial charge is 0.358 e. The number of hydrogen-bond acceptors (Lipinski definition) is 7. The predicted molar refractivity (Wildman–Crippen MR) is 116 cm³/mol. The minimum absolute atomic E-state index is 0.326. The summed E-state index contributed by atoms with van der Waals surface area (Å²) >= 11 is 6.66. The van der Waals surface area contributed by atoms with Gasteiger partial charge in [-0.15, -0.1) is 11.8 Å². The highest BCUT2D eigenvalue weighted by Gasteiger charge is 2.25. The van der Waals surface area contributed by atoms with Crippen molar-refractivity contribution in [3.8, 4) is 22.1 Å². The third-order valence-electron chi connectivity index (χ3n) is 3.82. The van der Waals surface area contributed by atoms with Crippen LogP contribution in [0.4, 0.5) is 0 Å². The largest absolute Gasteiger partial charge is 0.497 e. The fourth-order valence-electron chi connectivity index (χ4n) is 2.55. The van der Waals surface area contributed by atoms with Crippen molar-refractivity contribution in [2.75, 3.05) is 14.2 Å². The number of aromatic nitrogens is 3. The van der Waals surface area contributed by atoms with Crippen LogP contribution in [0.2, 0.25) is 0 Å². The van der Waals surface area contributed by atoms with Crippen molar-refractivity contribution in [1.29, 1.82) is 0 Å². The van der Waals surface area contributed by atoms with Gasteiger partial charge in [0, 0.05) is 10.8 Å². The van der Waals surface area contributed by atoms with Crippen LogP contribution in [-0.4, -0.2) is 40.2 Å². The molecule has 0 aliphatic heterocycles. The first-order valence-electron chi connectivity index (χ1n) is 8.51. The first-order chi connectivity index (χ1) is 13.3.